The summed E-state index contributed by atoms with van der Waals surface area (Å²) >= 11 is 12.6. The molecule has 1 spiro atoms. The van der Waals surface area contributed by atoms with Gasteiger partial charge in [0.2, 0.25) is 0 Å². The van der Waals surface area contributed by atoms with Gasteiger partial charge in [0.05, 0.1) is 26.6 Å². The fraction of sp³-hybridized carbons (Fsp3) is 0.458. The number of nitrogens with two attached hydrogens (primary N) is 1. The monoisotopic (exact) mass is 996 g/mol. The number of alkyl halides is 2. The van der Waals surface area contributed by atoms with Gasteiger partial charge in [-0.05, 0) is 117 Å². The van der Waals surface area contributed by atoms with Crippen LogP contribution in [0.25, 0.3) is 5.57 Å². The first kappa shape index (κ1) is 49.3. The number of allylic oxidation sites excluding steroid dienone is 1. The number of nitro groups is 1. The number of hydrogen-bond acceptors (Lipinski definition) is 13. The molecular weight excluding hydrogens is 942 g/mol. The first-order valence-electron chi connectivity index (χ1n) is 22.9. The minimum Gasteiger partial charge on any atom is -0.455 e. The maximum absolute atomic E-state index is 13.9. The van der Waals surface area contributed by atoms with E-state index >= 15 is 0 Å². The van der Waals surface area contributed by atoms with E-state index in [9.17, 15) is 32.1 Å². The van der Waals surface area contributed by atoms with Crippen LogP contribution in [-0.2, 0) is 14.8 Å². The van der Waals surface area contributed by atoms with Crippen molar-refractivity contribution in [2.24, 2.45) is 11.3 Å². The summed E-state index contributed by atoms with van der Waals surface area (Å²) in [6.45, 7) is 5.83. The number of hydrogen-bond donors (Lipinski definition) is 3. The SMILES string of the molecule is Nc1ncc(Oc2cc(N3CCN(CC4=C(c5ccc(Cl)cc5)CCC5(CCN(CC(F)CF)CC5)C4)CC3)ccc2C(=O)NS(=O)(=O)c2ccc(NCC3CCOCC3)c([N+](=O)[O-])c2)cc1Cl. The minimum atomic E-state index is -4.62. The molecule has 3 aromatic carbocycles. The normalized spacial score (nSPS) is 18.9. The van der Waals surface area contributed by atoms with Crippen molar-refractivity contribution >= 4 is 67.6 Å². The lowest BCUT2D eigenvalue weighted by Crippen LogP contribution is -2.48. The van der Waals surface area contributed by atoms with Gasteiger partial charge in [-0.2, -0.15) is 0 Å². The molecule has 4 N–H and O–H groups in total. The van der Waals surface area contributed by atoms with E-state index in [1.807, 2.05) is 12.1 Å². The second-order valence-electron chi connectivity index (χ2n) is 18.2. The zero-order valence-corrected chi connectivity index (χ0v) is 39.9. The van der Waals surface area contributed by atoms with Crippen LogP contribution in [0.5, 0.6) is 11.5 Å². The van der Waals surface area contributed by atoms with Crippen molar-refractivity contribution < 1.29 is 36.4 Å². The van der Waals surface area contributed by atoms with Crippen molar-refractivity contribution in [1.82, 2.24) is 19.5 Å². The quantitative estimate of drug-likeness (QED) is 0.0716. The van der Waals surface area contributed by atoms with Gasteiger partial charge in [-0.1, -0.05) is 40.9 Å². The highest BCUT2D eigenvalue weighted by molar-refractivity contribution is 7.90. The summed E-state index contributed by atoms with van der Waals surface area (Å²) in [5, 5.41) is 16.0. The molecule has 3 fully saturated rings. The molecule has 1 amide bonds. The number of anilines is 3. The Morgan fingerprint density at radius 1 is 0.985 bits per heavy atom. The number of likely N-dealkylation sites (tertiary alicyclic amines) is 1. The molecule has 3 aliphatic heterocycles. The summed E-state index contributed by atoms with van der Waals surface area (Å²) in [6.07, 6.45) is 6.24. The van der Waals surface area contributed by atoms with E-state index in [4.69, 9.17) is 38.4 Å². The fourth-order valence-corrected chi connectivity index (χ4v) is 11.0. The number of piperazine rings is 1. The van der Waals surface area contributed by atoms with Crippen LogP contribution in [0, 0.1) is 21.4 Å². The standard InChI is InChI=1S/C48H56Cl2F2N8O7S/c49-35-3-1-33(2-4-35)40-9-12-48(13-15-57(16-14-48)31-36(52)27-51)26-34(40)30-58-17-19-59(20-18-58)37-5-7-41(45(23-37)67-38-24-42(50)46(53)55-29-38)47(61)56-68(64,65)39-6-8-43(44(25-39)60(62)63)54-28-32-10-21-66-22-11-32/h1-8,23-25,29,32,36,54H,9-22,26-28,30-31H2,(H2,53,55)(H,56,61). The van der Waals surface area contributed by atoms with E-state index in [0.29, 0.717) is 37.9 Å². The second kappa shape index (κ2) is 21.7. The number of nitrogens with one attached hydrogen (secondary N) is 2. The van der Waals surface area contributed by atoms with Gasteiger partial charge in [0.15, 0.2) is 0 Å². The highest BCUT2D eigenvalue weighted by atomic mass is 35.5. The zero-order valence-electron chi connectivity index (χ0n) is 37.6. The molecule has 1 aromatic heterocycles. The molecule has 68 heavy (non-hydrogen) atoms. The van der Waals surface area contributed by atoms with Gasteiger partial charge in [0.25, 0.3) is 21.6 Å². The third-order valence-corrected chi connectivity index (χ3v) is 15.6. The fourth-order valence-electron chi connectivity index (χ4n) is 9.78. The Kier molecular flexibility index (Phi) is 15.7. The molecular formula is C48H56Cl2F2N8O7S. The van der Waals surface area contributed by atoms with Gasteiger partial charge in [0, 0.05) is 87.9 Å². The molecule has 15 nitrogen and oxygen atoms in total. The molecule has 1 unspecified atom stereocenters. The Bertz CT molecular complexity index is 2610. The number of halogens is 4. The molecule has 1 atom stereocenters. The lowest BCUT2D eigenvalue weighted by molar-refractivity contribution is -0.384. The molecule has 0 saturated carbocycles. The van der Waals surface area contributed by atoms with Gasteiger partial charge in [0.1, 0.15) is 35.9 Å². The molecule has 0 radical (unpaired) electrons. The van der Waals surface area contributed by atoms with E-state index in [1.54, 1.807) is 12.1 Å². The molecule has 1 aliphatic carbocycles. The Balaban J connectivity index is 0.981. The highest BCUT2D eigenvalue weighted by Gasteiger charge is 2.39. The number of carbonyl (C=O) groups excluding carboxylic acids is 1. The van der Waals surface area contributed by atoms with Gasteiger partial charge in [-0.25, -0.2) is 26.9 Å². The summed E-state index contributed by atoms with van der Waals surface area (Å²) in [5.41, 5.74) is 10.1. The maximum atomic E-state index is 13.9. The number of nitrogens with zero attached hydrogens (tertiary/aromatic N) is 5. The van der Waals surface area contributed by atoms with Crippen molar-refractivity contribution in [2.45, 2.75) is 56.0 Å². The second-order valence-corrected chi connectivity index (χ2v) is 20.7. The van der Waals surface area contributed by atoms with Crippen LogP contribution in [-0.4, -0.2) is 119 Å². The van der Waals surface area contributed by atoms with E-state index in [-0.39, 0.29) is 51.5 Å². The molecule has 4 heterocycles. The molecule has 4 aliphatic rings. The number of benzene rings is 3. The largest absolute Gasteiger partial charge is 0.455 e. The number of ether oxygens (including phenoxy) is 2. The van der Waals surface area contributed by atoms with Crippen LogP contribution in [0.1, 0.15) is 60.9 Å². The third-order valence-electron chi connectivity index (χ3n) is 13.7. The molecule has 0 bridgehead atoms. The molecule has 8 rings (SSSR count). The summed E-state index contributed by atoms with van der Waals surface area (Å²) in [5.74, 6) is -0.545. The Hall–Kier alpha value is -5.11. The average molecular weight is 998 g/mol. The van der Waals surface area contributed by atoms with Gasteiger partial charge in [-0.15, -0.1) is 0 Å². The predicted molar refractivity (Wildman–Crippen MR) is 260 cm³/mol. The number of amides is 1. The Labute approximate surface area is 405 Å². The summed E-state index contributed by atoms with van der Waals surface area (Å²) < 4.78 is 67.9. The van der Waals surface area contributed by atoms with Crippen molar-refractivity contribution in [3.63, 3.8) is 0 Å². The topological polar surface area (TPSA) is 185 Å². The number of carbonyl (C=O) groups is 1. The lowest BCUT2D eigenvalue weighted by Gasteiger charge is -2.46. The number of rotatable bonds is 16. The zero-order chi connectivity index (χ0) is 48.0. The number of piperidine rings is 1. The first-order valence-corrected chi connectivity index (χ1v) is 25.2. The van der Waals surface area contributed by atoms with Crippen LogP contribution >= 0.6 is 23.2 Å². The van der Waals surface area contributed by atoms with E-state index < -0.39 is 44.3 Å². The van der Waals surface area contributed by atoms with Gasteiger partial charge >= 0.3 is 0 Å². The smallest absolute Gasteiger partial charge is 0.293 e. The van der Waals surface area contributed by atoms with Crippen LogP contribution < -0.4 is 25.4 Å². The van der Waals surface area contributed by atoms with Crippen LogP contribution in [0.4, 0.5) is 31.7 Å². The van der Waals surface area contributed by atoms with Crippen molar-refractivity contribution in [3.05, 3.63) is 110 Å². The first-order chi connectivity index (χ1) is 32.7. The van der Waals surface area contributed by atoms with Crippen LogP contribution in [0.3, 0.4) is 0 Å². The summed E-state index contributed by atoms with van der Waals surface area (Å²) in [6, 6.07) is 17.8. The maximum Gasteiger partial charge on any atom is 0.293 e. The lowest BCUT2D eigenvalue weighted by atomic mass is 9.65. The summed E-state index contributed by atoms with van der Waals surface area (Å²) in [7, 11) is -4.62. The average Bonchev–Trinajstić information content (AvgIpc) is 3.33. The minimum absolute atomic E-state index is 0.0157. The van der Waals surface area contributed by atoms with Crippen molar-refractivity contribution in [3.8, 4) is 11.5 Å². The van der Waals surface area contributed by atoms with E-state index in [1.165, 1.54) is 41.6 Å². The summed E-state index contributed by atoms with van der Waals surface area (Å²) in [4.78, 5) is 35.6. The van der Waals surface area contributed by atoms with Crippen molar-refractivity contribution in [2.75, 3.05) is 94.7 Å². The van der Waals surface area contributed by atoms with Gasteiger partial charge in [-0.3, -0.25) is 19.8 Å². The molecule has 20 heteroatoms. The Morgan fingerprint density at radius 3 is 2.41 bits per heavy atom. The number of pyridine rings is 1. The highest BCUT2D eigenvalue weighted by Crippen LogP contribution is 2.49. The van der Waals surface area contributed by atoms with Crippen molar-refractivity contribution in [1.29, 1.82) is 0 Å². The van der Waals surface area contributed by atoms with Crippen LogP contribution in [0.2, 0.25) is 10.0 Å². The third kappa shape index (κ3) is 12.0. The Morgan fingerprint density at radius 2 is 1.72 bits per heavy atom. The number of aromatic nitrogens is 1. The molecule has 4 aromatic rings. The number of nitro benzene ring substituents is 1. The number of sulfonamides is 1. The predicted octanol–water partition coefficient (Wildman–Crippen LogP) is 8.78. The van der Waals surface area contributed by atoms with E-state index in [0.717, 1.165) is 95.0 Å². The van der Waals surface area contributed by atoms with E-state index in [2.05, 4.69) is 41.9 Å². The molecule has 3 saturated heterocycles. The number of nitrogen functional groups attached to an aromatic ring is 1. The van der Waals surface area contributed by atoms with Gasteiger partial charge < -0.3 is 30.3 Å². The van der Waals surface area contributed by atoms with Crippen LogP contribution in [0.15, 0.2) is 83.4 Å². The molecule has 364 valence electrons.